The van der Waals surface area contributed by atoms with Crippen LogP contribution in [0.4, 0.5) is 0 Å². The van der Waals surface area contributed by atoms with Crippen LogP contribution in [0.2, 0.25) is 0 Å². The van der Waals surface area contributed by atoms with E-state index in [0.717, 1.165) is 11.1 Å². The summed E-state index contributed by atoms with van der Waals surface area (Å²) in [7, 11) is 0. The van der Waals surface area contributed by atoms with Gasteiger partial charge in [0.05, 0.1) is 5.71 Å². The van der Waals surface area contributed by atoms with Crippen LogP contribution in [0.1, 0.15) is 50.3 Å². The molecule has 4 N–H and O–H groups in total. The monoisotopic (exact) mass is 356 g/mol. The summed E-state index contributed by atoms with van der Waals surface area (Å²) in [6, 6.07) is 8.76. The van der Waals surface area contributed by atoms with Gasteiger partial charge in [0.2, 0.25) is 6.79 Å². The first-order valence-electron chi connectivity index (χ1n) is 8.50. The van der Waals surface area contributed by atoms with E-state index in [4.69, 9.17) is 15.3 Å². The number of phenolic OH excluding ortho intramolecular Hbond substituents is 2. The average molecular weight is 356 g/mol. The third-order valence-corrected chi connectivity index (χ3v) is 4.84. The molecule has 0 saturated carbocycles. The van der Waals surface area contributed by atoms with E-state index in [2.05, 4.69) is 5.10 Å². The van der Waals surface area contributed by atoms with Crippen molar-refractivity contribution in [3.05, 3.63) is 47.0 Å². The third kappa shape index (κ3) is 2.92. The molecule has 0 spiro atoms. The maximum Gasteiger partial charge on any atom is 0.231 e. The number of phenols is 2. The highest BCUT2D eigenvalue weighted by Gasteiger charge is 2.32. The van der Waals surface area contributed by atoms with Crippen LogP contribution in [0.3, 0.4) is 0 Å². The molecule has 26 heavy (non-hydrogen) atoms. The molecule has 0 aliphatic carbocycles. The number of fused-ring (bicyclic) bond motifs is 1. The molecule has 0 unspecified atom stereocenters. The summed E-state index contributed by atoms with van der Waals surface area (Å²) < 4.78 is 10.8. The SMILES string of the molecule is CC(C)c1cc(C(=NN)C(C)(C)c2ccc3c(c2)OCO3)c(O)cc1O. The fourth-order valence-electron chi connectivity index (χ4n) is 3.24. The van der Waals surface area contributed by atoms with Crippen molar-refractivity contribution in [3.8, 4) is 23.0 Å². The molecular weight excluding hydrogens is 332 g/mol. The fourth-order valence-corrected chi connectivity index (χ4v) is 3.24. The maximum absolute atomic E-state index is 10.4. The van der Waals surface area contributed by atoms with Crippen LogP contribution in [0.25, 0.3) is 0 Å². The Morgan fingerprint density at radius 1 is 1.08 bits per heavy atom. The van der Waals surface area contributed by atoms with Gasteiger partial charge in [-0.15, -0.1) is 0 Å². The number of rotatable bonds is 4. The molecule has 2 aromatic rings. The summed E-state index contributed by atoms with van der Waals surface area (Å²) in [5.74, 6) is 7.18. The second-order valence-corrected chi connectivity index (χ2v) is 7.25. The minimum absolute atomic E-state index is 0.0542. The molecule has 0 saturated heterocycles. The van der Waals surface area contributed by atoms with Gasteiger partial charge in [-0.25, -0.2) is 0 Å². The van der Waals surface area contributed by atoms with Gasteiger partial charge < -0.3 is 25.5 Å². The van der Waals surface area contributed by atoms with Gasteiger partial charge in [-0.05, 0) is 35.2 Å². The highest BCUT2D eigenvalue weighted by Crippen LogP contribution is 2.40. The predicted molar refractivity (Wildman–Crippen MR) is 100 cm³/mol. The molecule has 1 heterocycles. The molecule has 6 nitrogen and oxygen atoms in total. The number of ether oxygens (including phenoxy) is 2. The van der Waals surface area contributed by atoms with Crippen LogP contribution < -0.4 is 15.3 Å². The van der Waals surface area contributed by atoms with E-state index in [9.17, 15) is 10.2 Å². The van der Waals surface area contributed by atoms with Crippen LogP contribution in [-0.4, -0.2) is 22.7 Å². The minimum atomic E-state index is -0.613. The van der Waals surface area contributed by atoms with Crippen LogP contribution in [-0.2, 0) is 5.41 Å². The number of hydrazone groups is 1. The van der Waals surface area contributed by atoms with Crippen LogP contribution in [0.15, 0.2) is 35.4 Å². The molecule has 0 atom stereocenters. The van der Waals surface area contributed by atoms with Gasteiger partial charge in [0.1, 0.15) is 11.5 Å². The third-order valence-electron chi connectivity index (χ3n) is 4.84. The zero-order valence-electron chi connectivity index (χ0n) is 15.4. The molecule has 6 heteroatoms. The van der Waals surface area contributed by atoms with Crippen molar-refractivity contribution in [2.75, 3.05) is 6.79 Å². The second-order valence-electron chi connectivity index (χ2n) is 7.25. The molecule has 0 aromatic heterocycles. The number of nitrogens with two attached hydrogens (primary N) is 1. The normalized spacial score (nSPS) is 14.1. The van der Waals surface area contributed by atoms with E-state index in [1.807, 2.05) is 45.9 Å². The van der Waals surface area contributed by atoms with E-state index in [0.29, 0.717) is 22.8 Å². The molecule has 1 aliphatic heterocycles. The first kappa shape index (κ1) is 17.9. The van der Waals surface area contributed by atoms with Gasteiger partial charge in [0.25, 0.3) is 0 Å². The summed E-state index contributed by atoms with van der Waals surface area (Å²) in [5, 5.41) is 24.5. The van der Waals surface area contributed by atoms with E-state index >= 15 is 0 Å². The van der Waals surface area contributed by atoms with Gasteiger partial charge in [-0.1, -0.05) is 33.8 Å². The summed E-state index contributed by atoms with van der Waals surface area (Å²) in [5.41, 5.74) is 2.04. The Morgan fingerprint density at radius 2 is 1.77 bits per heavy atom. The standard InChI is InChI=1S/C20H24N2O4/c1-11(2)13-8-14(16(24)9-15(13)23)19(22-21)20(3,4)12-5-6-17-18(7-12)26-10-25-17/h5-9,11,23-24H,10,21H2,1-4H3. The van der Waals surface area contributed by atoms with E-state index < -0.39 is 5.41 Å². The highest BCUT2D eigenvalue weighted by molar-refractivity contribution is 6.09. The van der Waals surface area contributed by atoms with Crippen molar-refractivity contribution in [1.82, 2.24) is 0 Å². The zero-order valence-corrected chi connectivity index (χ0v) is 15.4. The first-order chi connectivity index (χ1) is 12.3. The minimum Gasteiger partial charge on any atom is -0.508 e. The van der Waals surface area contributed by atoms with Gasteiger partial charge >= 0.3 is 0 Å². The lowest BCUT2D eigenvalue weighted by molar-refractivity contribution is 0.174. The topological polar surface area (TPSA) is 97.3 Å². The first-order valence-corrected chi connectivity index (χ1v) is 8.50. The van der Waals surface area contributed by atoms with Crippen LogP contribution in [0, 0.1) is 0 Å². The quantitative estimate of drug-likeness (QED) is 0.442. The highest BCUT2D eigenvalue weighted by atomic mass is 16.7. The summed E-state index contributed by atoms with van der Waals surface area (Å²) in [6.07, 6.45) is 0. The smallest absolute Gasteiger partial charge is 0.231 e. The van der Waals surface area contributed by atoms with Crippen molar-refractivity contribution in [2.24, 2.45) is 10.9 Å². The van der Waals surface area contributed by atoms with Crippen molar-refractivity contribution in [1.29, 1.82) is 0 Å². The van der Waals surface area contributed by atoms with Crippen LogP contribution >= 0.6 is 0 Å². The molecule has 138 valence electrons. The fraction of sp³-hybridized carbons (Fsp3) is 0.350. The number of hydrogen-bond acceptors (Lipinski definition) is 6. The Bertz CT molecular complexity index is 872. The number of hydrogen-bond donors (Lipinski definition) is 3. The number of benzene rings is 2. The molecule has 1 aliphatic rings. The lowest BCUT2D eigenvalue weighted by Crippen LogP contribution is -2.31. The molecule has 3 rings (SSSR count). The Balaban J connectivity index is 2.10. The van der Waals surface area contributed by atoms with Crippen molar-refractivity contribution in [2.45, 2.75) is 39.0 Å². The van der Waals surface area contributed by atoms with E-state index in [1.165, 1.54) is 6.07 Å². The molecule has 0 fully saturated rings. The van der Waals surface area contributed by atoms with Crippen molar-refractivity contribution >= 4 is 5.71 Å². The molecular formula is C20H24N2O4. The Kier molecular flexibility index (Phi) is 4.44. The van der Waals surface area contributed by atoms with Crippen LogP contribution in [0.5, 0.6) is 23.0 Å². The number of nitrogens with zero attached hydrogens (tertiary/aromatic N) is 1. The molecule has 0 radical (unpaired) electrons. The van der Waals surface area contributed by atoms with E-state index in [1.54, 1.807) is 6.07 Å². The molecule has 2 aromatic carbocycles. The Morgan fingerprint density at radius 3 is 2.42 bits per heavy atom. The summed E-state index contributed by atoms with van der Waals surface area (Å²) in [4.78, 5) is 0. The maximum atomic E-state index is 10.4. The molecule has 0 amide bonds. The average Bonchev–Trinajstić information content (AvgIpc) is 3.04. The zero-order chi connectivity index (χ0) is 19.1. The van der Waals surface area contributed by atoms with Gasteiger partial charge in [0.15, 0.2) is 11.5 Å². The lowest BCUT2D eigenvalue weighted by Gasteiger charge is -2.28. The van der Waals surface area contributed by atoms with Gasteiger partial charge in [-0.3, -0.25) is 0 Å². The largest absolute Gasteiger partial charge is 0.508 e. The number of aromatic hydroxyl groups is 2. The lowest BCUT2D eigenvalue weighted by atomic mass is 9.76. The Labute approximate surface area is 152 Å². The predicted octanol–water partition coefficient (Wildman–Crippen LogP) is 3.59. The van der Waals surface area contributed by atoms with Gasteiger partial charge in [-0.2, -0.15) is 5.10 Å². The van der Waals surface area contributed by atoms with Gasteiger partial charge in [0, 0.05) is 17.0 Å². The summed E-state index contributed by atoms with van der Waals surface area (Å²) >= 11 is 0. The Hall–Kier alpha value is -2.89. The second kappa shape index (κ2) is 6.44. The summed E-state index contributed by atoms with van der Waals surface area (Å²) in [6.45, 7) is 8.08. The molecule has 0 bridgehead atoms. The van der Waals surface area contributed by atoms with Crippen molar-refractivity contribution < 1.29 is 19.7 Å². The van der Waals surface area contributed by atoms with E-state index in [-0.39, 0.29) is 24.2 Å². The van der Waals surface area contributed by atoms with Crippen molar-refractivity contribution in [3.63, 3.8) is 0 Å².